The Morgan fingerprint density at radius 2 is 1.97 bits per heavy atom. The minimum Gasteiger partial charge on any atom is -0.366 e. The first-order chi connectivity index (χ1) is 14.7. The van der Waals surface area contributed by atoms with Gasteiger partial charge < -0.3 is 5.32 Å². The fourth-order valence-electron chi connectivity index (χ4n) is 3.96. The van der Waals surface area contributed by atoms with E-state index in [4.69, 9.17) is 9.97 Å². The zero-order valence-corrected chi connectivity index (χ0v) is 16.3. The smallest absolute Gasteiger partial charge is 0.253 e. The summed E-state index contributed by atoms with van der Waals surface area (Å²) in [5, 5.41) is 18.0. The Labute approximate surface area is 173 Å². The number of fused-ring (bicyclic) bond motifs is 2. The van der Waals surface area contributed by atoms with Crippen LogP contribution in [0.2, 0.25) is 0 Å². The average Bonchev–Trinajstić information content (AvgIpc) is 3.21. The van der Waals surface area contributed by atoms with Gasteiger partial charge in [-0.3, -0.25) is 0 Å². The van der Waals surface area contributed by atoms with E-state index in [0.717, 1.165) is 59.2 Å². The Morgan fingerprint density at radius 3 is 2.83 bits per heavy atom. The number of benzene rings is 2. The van der Waals surface area contributed by atoms with Crippen LogP contribution < -0.4 is 5.32 Å². The van der Waals surface area contributed by atoms with Gasteiger partial charge in [0.2, 0.25) is 0 Å². The molecule has 0 bridgehead atoms. The number of hydrogen-bond donors (Lipinski definition) is 1. The molecule has 7 heteroatoms. The molecule has 1 aliphatic rings. The van der Waals surface area contributed by atoms with Crippen molar-refractivity contribution < 1.29 is 4.39 Å². The minimum atomic E-state index is -0.254. The third-order valence-corrected chi connectivity index (χ3v) is 5.44. The van der Waals surface area contributed by atoms with Gasteiger partial charge in [0.1, 0.15) is 11.6 Å². The summed E-state index contributed by atoms with van der Waals surface area (Å²) in [6, 6.07) is 14.3. The lowest BCUT2D eigenvalue weighted by molar-refractivity contribution is 0.625. The standard InChI is InChI=1S/C23H19FN6/c24-17-7-3-5-15(11-17)13-26-22-18-8-1-2-9-20(18)28-23(29-22)30-21-10-4-6-16(12-25)19(21)14-27-30/h3-7,10-11,14H,1-2,8-9,13H2,(H,26,28,29). The van der Waals surface area contributed by atoms with Crippen LogP contribution in [0.25, 0.3) is 16.9 Å². The lowest BCUT2D eigenvalue weighted by Crippen LogP contribution is -2.16. The molecule has 148 valence electrons. The van der Waals surface area contributed by atoms with Crippen molar-refractivity contribution in [2.24, 2.45) is 0 Å². The first-order valence-electron chi connectivity index (χ1n) is 9.98. The molecular formula is C23H19FN6. The van der Waals surface area contributed by atoms with Gasteiger partial charge in [-0.2, -0.15) is 20.0 Å². The van der Waals surface area contributed by atoms with E-state index < -0.39 is 0 Å². The highest BCUT2D eigenvalue weighted by Crippen LogP contribution is 2.28. The molecule has 0 aliphatic heterocycles. The summed E-state index contributed by atoms with van der Waals surface area (Å²) in [6.07, 6.45) is 5.67. The second-order valence-corrected chi connectivity index (χ2v) is 7.39. The third-order valence-electron chi connectivity index (χ3n) is 5.44. The molecule has 6 nitrogen and oxygen atoms in total. The van der Waals surface area contributed by atoms with Crippen LogP contribution in [0.4, 0.5) is 10.2 Å². The van der Waals surface area contributed by atoms with E-state index in [1.54, 1.807) is 23.0 Å². The number of halogens is 1. The Bertz CT molecular complexity index is 1290. The monoisotopic (exact) mass is 398 g/mol. The first-order valence-corrected chi connectivity index (χ1v) is 9.98. The van der Waals surface area contributed by atoms with Gasteiger partial charge in [0.25, 0.3) is 5.95 Å². The van der Waals surface area contributed by atoms with E-state index in [9.17, 15) is 9.65 Å². The number of hydrogen-bond acceptors (Lipinski definition) is 5. The summed E-state index contributed by atoms with van der Waals surface area (Å²) in [6.45, 7) is 0.471. The second-order valence-electron chi connectivity index (χ2n) is 7.39. The minimum absolute atomic E-state index is 0.254. The SMILES string of the molecule is N#Cc1cccc2c1cnn2-c1nc2c(c(NCc3cccc(F)c3)n1)CCCC2. The van der Waals surface area contributed by atoms with Crippen LogP contribution >= 0.6 is 0 Å². The maximum absolute atomic E-state index is 13.5. The second kappa shape index (κ2) is 7.56. The van der Waals surface area contributed by atoms with E-state index in [2.05, 4.69) is 16.5 Å². The summed E-state index contributed by atoms with van der Waals surface area (Å²) in [5.41, 5.74) is 4.36. The van der Waals surface area contributed by atoms with E-state index in [0.29, 0.717) is 18.1 Å². The van der Waals surface area contributed by atoms with Gasteiger partial charge in [-0.1, -0.05) is 18.2 Å². The Kier molecular flexibility index (Phi) is 4.60. The molecule has 0 amide bonds. The number of rotatable bonds is 4. The molecule has 1 N–H and O–H groups in total. The molecule has 2 aromatic heterocycles. The maximum atomic E-state index is 13.5. The quantitative estimate of drug-likeness (QED) is 0.554. The normalized spacial score (nSPS) is 13.1. The molecule has 2 aromatic carbocycles. The maximum Gasteiger partial charge on any atom is 0.253 e. The molecule has 0 fully saturated rings. The van der Waals surface area contributed by atoms with Crippen molar-refractivity contribution in [2.45, 2.75) is 32.2 Å². The number of aryl methyl sites for hydroxylation is 1. The summed E-state index contributed by atoms with van der Waals surface area (Å²) >= 11 is 0. The van der Waals surface area contributed by atoms with Crippen molar-refractivity contribution in [2.75, 3.05) is 5.32 Å². The van der Waals surface area contributed by atoms with Crippen molar-refractivity contribution in [1.82, 2.24) is 19.7 Å². The van der Waals surface area contributed by atoms with E-state index in [-0.39, 0.29) is 5.82 Å². The van der Waals surface area contributed by atoms with Crippen LogP contribution in [-0.4, -0.2) is 19.7 Å². The molecule has 30 heavy (non-hydrogen) atoms. The lowest BCUT2D eigenvalue weighted by Gasteiger charge is -2.20. The molecule has 0 radical (unpaired) electrons. The van der Waals surface area contributed by atoms with Crippen molar-refractivity contribution >= 4 is 16.7 Å². The highest BCUT2D eigenvalue weighted by atomic mass is 19.1. The van der Waals surface area contributed by atoms with Crippen molar-refractivity contribution in [3.8, 4) is 12.0 Å². The third kappa shape index (κ3) is 3.26. The van der Waals surface area contributed by atoms with Crippen molar-refractivity contribution in [3.05, 3.63) is 76.9 Å². The first kappa shape index (κ1) is 18.3. The van der Waals surface area contributed by atoms with Gasteiger partial charge in [-0.25, -0.2) is 9.37 Å². The zero-order chi connectivity index (χ0) is 20.5. The Hall–Kier alpha value is -3.79. The summed E-state index contributed by atoms with van der Waals surface area (Å²) in [4.78, 5) is 9.57. The molecular weight excluding hydrogens is 379 g/mol. The summed E-state index contributed by atoms with van der Waals surface area (Å²) < 4.78 is 15.2. The number of aromatic nitrogens is 4. The number of anilines is 1. The molecule has 4 aromatic rings. The predicted octanol–water partition coefficient (Wildman–Crippen LogP) is 4.32. The van der Waals surface area contributed by atoms with Crippen LogP contribution in [0.5, 0.6) is 0 Å². The van der Waals surface area contributed by atoms with Gasteiger partial charge in [0, 0.05) is 17.5 Å². The molecule has 5 rings (SSSR count). The summed E-state index contributed by atoms with van der Waals surface area (Å²) in [7, 11) is 0. The van der Waals surface area contributed by atoms with E-state index >= 15 is 0 Å². The van der Waals surface area contributed by atoms with E-state index in [1.165, 1.54) is 12.1 Å². The van der Waals surface area contributed by atoms with Gasteiger partial charge in [-0.05, 0) is 55.5 Å². The Morgan fingerprint density at radius 1 is 1.10 bits per heavy atom. The van der Waals surface area contributed by atoms with E-state index in [1.807, 2.05) is 18.2 Å². The fourth-order valence-corrected chi connectivity index (χ4v) is 3.96. The summed E-state index contributed by atoms with van der Waals surface area (Å²) in [5.74, 6) is 0.984. The van der Waals surface area contributed by atoms with Crippen LogP contribution in [0.1, 0.15) is 35.2 Å². The number of nitriles is 1. The van der Waals surface area contributed by atoms with Gasteiger partial charge in [0.05, 0.1) is 29.0 Å². The number of nitrogens with one attached hydrogen (secondary N) is 1. The molecule has 0 saturated heterocycles. The van der Waals surface area contributed by atoms with Crippen LogP contribution in [0.3, 0.4) is 0 Å². The number of nitrogens with zero attached hydrogens (tertiary/aromatic N) is 5. The van der Waals surface area contributed by atoms with Crippen LogP contribution in [0.15, 0.2) is 48.7 Å². The van der Waals surface area contributed by atoms with Gasteiger partial charge in [0.15, 0.2) is 0 Å². The topological polar surface area (TPSA) is 79.4 Å². The van der Waals surface area contributed by atoms with Crippen LogP contribution in [0, 0.1) is 17.1 Å². The average molecular weight is 398 g/mol. The highest BCUT2D eigenvalue weighted by Gasteiger charge is 2.20. The van der Waals surface area contributed by atoms with Gasteiger partial charge in [-0.15, -0.1) is 0 Å². The largest absolute Gasteiger partial charge is 0.366 e. The fraction of sp³-hybridized carbons (Fsp3) is 0.217. The van der Waals surface area contributed by atoms with Crippen molar-refractivity contribution in [1.29, 1.82) is 5.26 Å². The van der Waals surface area contributed by atoms with Crippen LogP contribution in [-0.2, 0) is 19.4 Å². The zero-order valence-electron chi connectivity index (χ0n) is 16.3. The molecule has 1 aliphatic carbocycles. The predicted molar refractivity (Wildman–Crippen MR) is 112 cm³/mol. The lowest BCUT2D eigenvalue weighted by atomic mass is 9.96. The Balaban J connectivity index is 1.57. The van der Waals surface area contributed by atoms with Gasteiger partial charge >= 0.3 is 0 Å². The molecule has 0 spiro atoms. The molecule has 2 heterocycles. The molecule has 0 atom stereocenters. The molecule has 0 saturated carbocycles. The highest BCUT2D eigenvalue weighted by molar-refractivity contribution is 5.85. The molecule has 0 unspecified atom stereocenters. The van der Waals surface area contributed by atoms with Crippen molar-refractivity contribution in [3.63, 3.8) is 0 Å².